The van der Waals surface area contributed by atoms with Crippen LogP contribution >= 0.6 is 0 Å². The Morgan fingerprint density at radius 2 is 1.79 bits per heavy atom. The van der Waals surface area contributed by atoms with Gasteiger partial charge in [-0.05, 0) is 18.2 Å². The lowest BCUT2D eigenvalue weighted by molar-refractivity contribution is 0.0746. The van der Waals surface area contributed by atoms with Gasteiger partial charge in [0, 0.05) is 42.5 Å². The number of rotatable bonds is 3. The summed E-state index contributed by atoms with van der Waals surface area (Å²) in [5.74, 6) is 1.60. The molecule has 8 nitrogen and oxygen atoms in total. The molecule has 0 radical (unpaired) electrons. The number of fused-ring (bicyclic) bond motifs is 3. The maximum absolute atomic E-state index is 12.9. The molecule has 1 amide bonds. The van der Waals surface area contributed by atoms with Crippen molar-refractivity contribution in [2.75, 3.05) is 38.2 Å². The van der Waals surface area contributed by atoms with Gasteiger partial charge in [0.25, 0.3) is 5.91 Å². The number of amides is 1. The highest BCUT2D eigenvalue weighted by molar-refractivity contribution is 6.00. The summed E-state index contributed by atoms with van der Waals surface area (Å²) in [4.78, 5) is 17.0. The molecule has 1 aliphatic rings. The van der Waals surface area contributed by atoms with Crippen LogP contribution in [-0.4, -0.2) is 63.9 Å². The number of hydrogen-bond acceptors (Lipinski definition) is 6. The van der Waals surface area contributed by atoms with E-state index in [1.165, 1.54) is 0 Å². The van der Waals surface area contributed by atoms with Crippen molar-refractivity contribution in [2.24, 2.45) is 0 Å². The van der Waals surface area contributed by atoms with Gasteiger partial charge in [0.05, 0.1) is 7.11 Å². The van der Waals surface area contributed by atoms with Gasteiger partial charge < -0.3 is 14.5 Å². The molecule has 0 atom stereocenters. The minimum atomic E-state index is 0.0237. The van der Waals surface area contributed by atoms with E-state index in [2.05, 4.69) is 21.2 Å². The second-order valence-corrected chi connectivity index (χ2v) is 6.98. The molecule has 8 heteroatoms. The number of methoxy groups -OCH3 is 1. The molecule has 0 N–H and O–H groups in total. The highest BCUT2D eigenvalue weighted by atomic mass is 16.5. The monoisotopic (exact) mass is 388 g/mol. The van der Waals surface area contributed by atoms with Gasteiger partial charge in [0.15, 0.2) is 11.5 Å². The molecule has 1 fully saturated rings. The molecule has 146 valence electrons. The van der Waals surface area contributed by atoms with E-state index >= 15 is 0 Å². The predicted octanol–water partition coefficient (Wildman–Crippen LogP) is 2.25. The first-order valence-electron chi connectivity index (χ1n) is 9.51. The average molecular weight is 388 g/mol. The summed E-state index contributed by atoms with van der Waals surface area (Å²) in [6.45, 7) is 2.68. The van der Waals surface area contributed by atoms with Crippen molar-refractivity contribution >= 4 is 28.1 Å². The third-order valence-corrected chi connectivity index (χ3v) is 5.32. The SMILES string of the molecule is COc1cccc(C(=O)N2CCN(c3nn4cnnc4c4ccccc34)CC2)c1. The zero-order chi connectivity index (χ0) is 19.8. The average Bonchev–Trinajstić information content (AvgIpc) is 3.27. The van der Waals surface area contributed by atoms with Crippen molar-refractivity contribution in [1.29, 1.82) is 0 Å². The second-order valence-electron chi connectivity index (χ2n) is 6.98. The molecule has 0 spiro atoms. The zero-order valence-electron chi connectivity index (χ0n) is 16.0. The van der Waals surface area contributed by atoms with Crippen molar-refractivity contribution in [3.05, 3.63) is 60.4 Å². The van der Waals surface area contributed by atoms with Crippen LogP contribution in [0.4, 0.5) is 5.82 Å². The van der Waals surface area contributed by atoms with Crippen LogP contribution in [0.5, 0.6) is 5.75 Å². The van der Waals surface area contributed by atoms with Gasteiger partial charge in [0.1, 0.15) is 12.1 Å². The number of carbonyl (C=O) groups excluding carboxylic acids is 1. The Labute approximate surface area is 167 Å². The Hall–Kier alpha value is -3.68. The summed E-state index contributed by atoms with van der Waals surface area (Å²) in [5, 5.41) is 15.0. The smallest absolute Gasteiger partial charge is 0.254 e. The van der Waals surface area contributed by atoms with Gasteiger partial charge in [-0.15, -0.1) is 15.3 Å². The van der Waals surface area contributed by atoms with E-state index in [4.69, 9.17) is 9.84 Å². The predicted molar refractivity (Wildman–Crippen MR) is 109 cm³/mol. The van der Waals surface area contributed by atoms with Crippen LogP contribution in [0.3, 0.4) is 0 Å². The number of benzene rings is 2. The van der Waals surface area contributed by atoms with Crippen LogP contribution in [-0.2, 0) is 0 Å². The Morgan fingerprint density at radius 1 is 1.00 bits per heavy atom. The molecule has 1 saturated heterocycles. The largest absolute Gasteiger partial charge is 0.497 e. The van der Waals surface area contributed by atoms with Gasteiger partial charge in [-0.3, -0.25) is 4.79 Å². The van der Waals surface area contributed by atoms with Crippen LogP contribution in [0.25, 0.3) is 16.4 Å². The van der Waals surface area contributed by atoms with E-state index in [1.54, 1.807) is 24.0 Å². The van der Waals surface area contributed by atoms with Gasteiger partial charge in [0.2, 0.25) is 0 Å². The molecule has 4 aromatic rings. The molecule has 0 aliphatic carbocycles. The lowest BCUT2D eigenvalue weighted by atomic mass is 10.1. The molecule has 5 rings (SSSR count). The van der Waals surface area contributed by atoms with Gasteiger partial charge in [-0.1, -0.05) is 30.3 Å². The third kappa shape index (κ3) is 3.02. The third-order valence-electron chi connectivity index (χ3n) is 5.32. The highest BCUT2D eigenvalue weighted by Gasteiger charge is 2.25. The fraction of sp³-hybridized carbons (Fsp3) is 0.238. The number of nitrogens with zero attached hydrogens (tertiary/aromatic N) is 6. The Bertz CT molecular complexity index is 1200. The molecule has 2 aromatic heterocycles. The quantitative estimate of drug-likeness (QED) is 0.536. The lowest BCUT2D eigenvalue weighted by Crippen LogP contribution is -2.49. The fourth-order valence-electron chi connectivity index (χ4n) is 3.80. The molecule has 0 unspecified atom stereocenters. The topological polar surface area (TPSA) is 75.9 Å². The van der Waals surface area contributed by atoms with E-state index < -0.39 is 0 Å². The molecule has 0 saturated carbocycles. The number of piperazine rings is 1. The number of hydrogen-bond donors (Lipinski definition) is 0. The zero-order valence-corrected chi connectivity index (χ0v) is 16.0. The fourth-order valence-corrected chi connectivity index (χ4v) is 3.80. The summed E-state index contributed by atoms with van der Waals surface area (Å²) in [6.07, 6.45) is 1.62. The molecule has 29 heavy (non-hydrogen) atoms. The Kier molecular flexibility index (Phi) is 4.23. The summed E-state index contributed by atoms with van der Waals surface area (Å²) < 4.78 is 6.95. The molecule has 3 heterocycles. The first kappa shape index (κ1) is 17.4. The van der Waals surface area contributed by atoms with Crippen molar-refractivity contribution in [3.8, 4) is 5.75 Å². The summed E-state index contributed by atoms with van der Waals surface area (Å²) in [5.41, 5.74) is 1.39. The Morgan fingerprint density at radius 3 is 2.59 bits per heavy atom. The van der Waals surface area contributed by atoms with Gasteiger partial charge in [-0.2, -0.15) is 4.52 Å². The minimum Gasteiger partial charge on any atom is -0.497 e. The van der Waals surface area contributed by atoms with Crippen molar-refractivity contribution in [2.45, 2.75) is 0 Å². The van der Waals surface area contributed by atoms with Gasteiger partial charge in [-0.25, -0.2) is 0 Å². The van der Waals surface area contributed by atoms with Crippen LogP contribution in [0.1, 0.15) is 10.4 Å². The van der Waals surface area contributed by atoms with Crippen molar-refractivity contribution in [1.82, 2.24) is 24.7 Å². The number of carbonyl (C=O) groups is 1. The van der Waals surface area contributed by atoms with E-state index in [0.29, 0.717) is 37.5 Å². The number of ether oxygens (including phenoxy) is 1. The summed E-state index contributed by atoms with van der Waals surface area (Å²) in [6, 6.07) is 15.4. The van der Waals surface area contributed by atoms with E-state index in [-0.39, 0.29) is 5.91 Å². The first-order valence-corrected chi connectivity index (χ1v) is 9.51. The standard InChI is InChI=1S/C21H20N6O2/c1-29-16-6-4-5-15(13-16)21(28)26-11-9-25(10-12-26)20-18-8-3-2-7-17(18)19-23-22-14-27(19)24-20/h2-8,13-14H,9-12H2,1H3. The molecular weight excluding hydrogens is 368 g/mol. The highest BCUT2D eigenvalue weighted by Crippen LogP contribution is 2.27. The maximum atomic E-state index is 12.9. The normalized spacial score (nSPS) is 14.5. The van der Waals surface area contributed by atoms with Crippen LogP contribution < -0.4 is 9.64 Å². The molecule has 2 aromatic carbocycles. The number of anilines is 1. The van der Waals surface area contributed by atoms with Gasteiger partial charge >= 0.3 is 0 Å². The molecule has 0 bridgehead atoms. The second kappa shape index (κ2) is 7.05. The lowest BCUT2D eigenvalue weighted by Gasteiger charge is -2.35. The molecular formula is C21H20N6O2. The van der Waals surface area contributed by atoms with E-state index in [1.807, 2.05) is 41.3 Å². The van der Waals surface area contributed by atoms with Crippen LogP contribution in [0.15, 0.2) is 54.9 Å². The minimum absolute atomic E-state index is 0.0237. The van der Waals surface area contributed by atoms with Crippen LogP contribution in [0, 0.1) is 0 Å². The van der Waals surface area contributed by atoms with Crippen LogP contribution in [0.2, 0.25) is 0 Å². The maximum Gasteiger partial charge on any atom is 0.254 e. The van der Waals surface area contributed by atoms with Crippen molar-refractivity contribution in [3.63, 3.8) is 0 Å². The van der Waals surface area contributed by atoms with Crippen molar-refractivity contribution < 1.29 is 9.53 Å². The summed E-state index contributed by atoms with van der Waals surface area (Å²) in [7, 11) is 1.60. The number of aromatic nitrogens is 4. The molecule has 1 aliphatic heterocycles. The van der Waals surface area contributed by atoms with E-state index in [0.717, 1.165) is 22.2 Å². The van der Waals surface area contributed by atoms with E-state index in [9.17, 15) is 4.79 Å². The summed E-state index contributed by atoms with van der Waals surface area (Å²) >= 11 is 0. The Balaban J connectivity index is 1.40. The first-order chi connectivity index (χ1) is 14.2.